The molecule has 0 aliphatic heterocycles. The Bertz CT molecular complexity index is 137. The summed E-state index contributed by atoms with van der Waals surface area (Å²) in [5, 5.41) is 8.21. The highest BCUT2D eigenvalue weighted by Crippen LogP contribution is 1.91. The molecule has 0 aromatic heterocycles. The Morgan fingerprint density at radius 3 is 2.88 bits per heavy atom. The zero-order valence-electron chi connectivity index (χ0n) is 5.02. The molecule has 0 N–H and O–H groups in total. The molecule has 0 aromatic rings. The van der Waals surface area contributed by atoms with Crippen LogP contribution in [0.3, 0.4) is 0 Å². The highest BCUT2D eigenvalue weighted by molar-refractivity contribution is 5.17. The monoisotopic (exact) mass is 107 g/mol. The van der Waals surface area contributed by atoms with Crippen LogP contribution in [0.25, 0.3) is 0 Å². The fourth-order valence-electron chi connectivity index (χ4n) is 0.306. The Kier molecular flexibility index (Phi) is 3.60. The maximum Gasteiger partial charge on any atom is 0.0940 e. The minimum Gasteiger partial charge on any atom is -0.193 e. The van der Waals surface area contributed by atoms with Crippen molar-refractivity contribution in [2.45, 2.75) is 13.3 Å². The maximum absolute atomic E-state index is 8.21. The summed E-state index contributed by atoms with van der Waals surface area (Å²) in [5.74, 6) is 0. The quantitative estimate of drug-likeness (QED) is 0.391. The first-order valence-corrected chi connectivity index (χ1v) is 2.49. The van der Waals surface area contributed by atoms with Gasteiger partial charge in [0.05, 0.1) is 6.07 Å². The zero-order chi connectivity index (χ0) is 6.41. The van der Waals surface area contributed by atoms with Crippen LogP contribution in [0.4, 0.5) is 0 Å². The van der Waals surface area contributed by atoms with Crippen molar-refractivity contribution in [3.8, 4) is 6.07 Å². The van der Waals surface area contributed by atoms with E-state index in [1.165, 1.54) is 0 Å². The number of allylic oxidation sites excluding steroid dienone is 3. The summed E-state index contributed by atoms with van der Waals surface area (Å²) in [6.45, 7) is 5.29. The van der Waals surface area contributed by atoms with Crippen LogP contribution in [-0.2, 0) is 0 Å². The lowest BCUT2D eigenvalue weighted by molar-refractivity contribution is 1.33. The molecule has 0 radical (unpaired) electrons. The van der Waals surface area contributed by atoms with Crippen LogP contribution in [-0.4, -0.2) is 0 Å². The Morgan fingerprint density at radius 2 is 2.50 bits per heavy atom. The van der Waals surface area contributed by atoms with Crippen LogP contribution in [0.1, 0.15) is 13.3 Å². The van der Waals surface area contributed by atoms with Gasteiger partial charge in [0.15, 0.2) is 0 Å². The molecule has 0 unspecified atom stereocenters. The van der Waals surface area contributed by atoms with Gasteiger partial charge < -0.3 is 0 Å². The molecule has 0 aromatic carbocycles. The van der Waals surface area contributed by atoms with Crippen molar-refractivity contribution in [3.63, 3.8) is 0 Å². The van der Waals surface area contributed by atoms with E-state index in [0.717, 1.165) is 12.0 Å². The van der Waals surface area contributed by atoms with E-state index >= 15 is 0 Å². The van der Waals surface area contributed by atoms with E-state index in [9.17, 15) is 0 Å². The number of rotatable bonds is 2. The summed E-state index contributed by atoms with van der Waals surface area (Å²) < 4.78 is 0. The van der Waals surface area contributed by atoms with E-state index in [2.05, 4.69) is 6.58 Å². The van der Waals surface area contributed by atoms with Crippen molar-refractivity contribution in [2.24, 2.45) is 0 Å². The lowest BCUT2D eigenvalue weighted by atomic mass is 10.3. The Labute approximate surface area is 49.9 Å². The van der Waals surface area contributed by atoms with Crippen molar-refractivity contribution < 1.29 is 0 Å². The van der Waals surface area contributed by atoms with E-state index in [4.69, 9.17) is 5.26 Å². The third kappa shape index (κ3) is 3.17. The summed E-state index contributed by atoms with van der Waals surface area (Å²) in [7, 11) is 0. The van der Waals surface area contributed by atoms with Crippen molar-refractivity contribution in [3.05, 3.63) is 24.3 Å². The van der Waals surface area contributed by atoms with Gasteiger partial charge in [-0.05, 0) is 13.3 Å². The molecular formula is C7H9N. The topological polar surface area (TPSA) is 23.8 Å². The van der Waals surface area contributed by atoms with E-state index in [-0.39, 0.29) is 0 Å². The molecule has 42 valence electrons. The van der Waals surface area contributed by atoms with Crippen LogP contribution >= 0.6 is 0 Å². The molecule has 8 heavy (non-hydrogen) atoms. The van der Waals surface area contributed by atoms with Crippen LogP contribution in [0, 0.1) is 11.3 Å². The van der Waals surface area contributed by atoms with E-state index < -0.39 is 0 Å². The van der Waals surface area contributed by atoms with Gasteiger partial charge in [-0.25, -0.2) is 0 Å². The molecule has 0 rings (SSSR count). The van der Waals surface area contributed by atoms with Crippen molar-refractivity contribution in [1.29, 1.82) is 5.26 Å². The van der Waals surface area contributed by atoms with E-state index in [1.54, 1.807) is 13.0 Å². The first-order valence-electron chi connectivity index (χ1n) is 2.49. The van der Waals surface area contributed by atoms with Gasteiger partial charge in [0.2, 0.25) is 0 Å². The molecule has 0 aliphatic carbocycles. The second-order valence-corrected chi connectivity index (χ2v) is 1.52. The summed E-state index contributed by atoms with van der Waals surface area (Å²) in [6.07, 6.45) is 4.40. The number of hydrogen-bond donors (Lipinski definition) is 0. The first kappa shape index (κ1) is 6.97. The minimum atomic E-state index is 0.755. The van der Waals surface area contributed by atoms with Gasteiger partial charge in [0.1, 0.15) is 0 Å². The van der Waals surface area contributed by atoms with E-state index in [0.29, 0.717) is 0 Å². The van der Waals surface area contributed by atoms with Crippen LogP contribution in [0.5, 0.6) is 0 Å². The van der Waals surface area contributed by atoms with Crippen LogP contribution in [0.15, 0.2) is 24.3 Å². The van der Waals surface area contributed by atoms with Gasteiger partial charge in [-0.15, -0.1) is 6.58 Å². The Morgan fingerprint density at radius 1 is 1.88 bits per heavy atom. The highest BCUT2D eigenvalue weighted by Gasteiger charge is 1.77. The van der Waals surface area contributed by atoms with Crippen molar-refractivity contribution in [2.75, 3.05) is 0 Å². The van der Waals surface area contributed by atoms with Gasteiger partial charge in [-0.1, -0.05) is 12.2 Å². The SMILES string of the molecule is C=CC/C=C(\C)C#N. The molecule has 0 amide bonds. The van der Waals surface area contributed by atoms with Crippen molar-refractivity contribution >= 4 is 0 Å². The van der Waals surface area contributed by atoms with Gasteiger partial charge in [-0.3, -0.25) is 0 Å². The van der Waals surface area contributed by atoms with Crippen LogP contribution in [0.2, 0.25) is 0 Å². The van der Waals surface area contributed by atoms with Gasteiger partial charge >= 0.3 is 0 Å². The number of nitriles is 1. The Hall–Kier alpha value is -1.03. The maximum atomic E-state index is 8.21. The second kappa shape index (κ2) is 4.14. The lowest BCUT2D eigenvalue weighted by Crippen LogP contribution is -1.64. The van der Waals surface area contributed by atoms with Gasteiger partial charge in [0, 0.05) is 5.57 Å². The summed E-state index contributed by atoms with van der Waals surface area (Å²) in [6, 6.07) is 2.01. The fraction of sp³-hybridized carbons (Fsp3) is 0.286. The molecule has 0 saturated carbocycles. The molecule has 0 saturated heterocycles. The van der Waals surface area contributed by atoms with Crippen LogP contribution < -0.4 is 0 Å². The lowest BCUT2D eigenvalue weighted by Gasteiger charge is -1.79. The highest BCUT2D eigenvalue weighted by atomic mass is 14.2. The third-order valence-corrected chi connectivity index (χ3v) is 0.767. The first-order chi connectivity index (χ1) is 3.81. The predicted molar refractivity (Wildman–Crippen MR) is 34.2 cm³/mol. The molecule has 0 fully saturated rings. The molecule has 0 bridgehead atoms. The molecular weight excluding hydrogens is 98.1 g/mol. The predicted octanol–water partition coefficient (Wildman–Crippen LogP) is 2.03. The van der Waals surface area contributed by atoms with Crippen molar-refractivity contribution in [1.82, 2.24) is 0 Å². The average molecular weight is 107 g/mol. The van der Waals surface area contributed by atoms with E-state index in [1.807, 2.05) is 12.1 Å². The molecule has 0 aliphatic rings. The number of nitrogens with zero attached hydrogens (tertiary/aromatic N) is 1. The summed E-state index contributed by atoms with van der Waals surface area (Å²) >= 11 is 0. The smallest absolute Gasteiger partial charge is 0.0940 e. The summed E-state index contributed by atoms with van der Waals surface area (Å²) in [5.41, 5.74) is 0.755. The standard InChI is InChI=1S/C7H9N/c1-3-4-5-7(2)6-8/h3,5H,1,4H2,2H3/b7-5+. The second-order valence-electron chi connectivity index (χ2n) is 1.52. The molecule has 1 heteroatoms. The zero-order valence-corrected chi connectivity index (χ0v) is 5.02. The molecule has 1 nitrogen and oxygen atoms in total. The average Bonchev–Trinajstić information content (AvgIpc) is 1.83. The minimum absolute atomic E-state index is 0.755. The number of hydrogen-bond acceptors (Lipinski definition) is 1. The third-order valence-electron chi connectivity index (χ3n) is 0.767. The summed E-state index contributed by atoms with van der Waals surface area (Å²) in [4.78, 5) is 0. The molecule has 0 heterocycles. The van der Waals surface area contributed by atoms with Gasteiger partial charge in [-0.2, -0.15) is 5.26 Å². The molecule has 0 spiro atoms. The molecule has 0 atom stereocenters. The normalized spacial score (nSPS) is 10.2. The fourth-order valence-corrected chi connectivity index (χ4v) is 0.306. The van der Waals surface area contributed by atoms with Gasteiger partial charge in [0.25, 0.3) is 0 Å². The Balaban J connectivity index is 3.61. The largest absolute Gasteiger partial charge is 0.193 e.